The third-order valence-corrected chi connectivity index (χ3v) is 5.23. The average molecular weight is 198 g/mol. The standard InChI is InChI=1S/C10H18O2Si/c1-4-11-13(3,12-5-2)10-8-6-7-9-10/h6,8-9H,4-5,7H2,1-3H3. The van der Waals surface area contributed by atoms with Gasteiger partial charge in [-0.15, -0.1) is 0 Å². The zero-order chi connectivity index (χ0) is 9.73. The van der Waals surface area contributed by atoms with Crippen molar-refractivity contribution in [1.29, 1.82) is 0 Å². The first kappa shape index (κ1) is 10.7. The summed E-state index contributed by atoms with van der Waals surface area (Å²) < 4.78 is 11.5. The van der Waals surface area contributed by atoms with Gasteiger partial charge in [0.1, 0.15) is 0 Å². The SMILES string of the molecule is CCO[Si](C)(OCC)C1=CCC=C1. The molecule has 1 rings (SSSR count). The van der Waals surface area contributed by atoms with E-state index in [1.165, 1.54) is 5.20 Å². The molecule has 2 nitrogen and oxygen atoms in total. The Bertz CT molecular complexity index is 215. The van der Waals surface area contributed by atoms with Crippen molar-refractivity contribution in [2.24, 2.45) is 0 Å². The molecule has 0 N–H and O–H groups in total. The van der Waals surface area contributed by atoms with E-state index in [0.717, 1.165) is 19.6 Å². The lowest BCUT2D eigenvalue weighted by atomic mass is 10.5. The van der Waals surface area contributed by atoms with Crippen LogP contribution in [0.3, 0.4) is 0 Å². The number of rotatable bonds is 5. The van der Waals surface area contributed by atoms with E-state index < -0.39 is 8.56 Å². The van der Waals surface area contributed by atoms with E-state index in [-0.39, 0.29) is 0 Å². The Morgan fingerprint density at radius 1 is 1.31 bits per heavy atom. The van der Waals surface area contributed by atoms with Crippen LogP contribution in [0.15, 0.2) is 23.4 Å². The molecule has 0 saturated heterocycles. The van der Waals surface area contributed by atoms with Gasteiger partial charge in [-0.1, -0.05) is 18.2 Å². The van der Waals surface area contributed by atoms with E-state index in [4.69, 9.17) is 8.85 Å². The molecule has 0 aromatic heterocycles. The first-order valence-corrected chi connectivity index (χ1v) is 7.19. The molecule has 0 aliphatic heterocycles. The van der Waals surface area contributed by atoms with Gasteiger partial charge in [0.2, 0.25) is 0 Å². The molecular formula is C10H18O2Si. The van der Waals surface area contributed by atoms with Crippen LogP contribution < -0.4 is 0 Å². The molecule has 74 valence electrons. The predicted octanol–water partition coefficient (Wildman–Crippen LogP) is 2.56. The second-order valence-corrected chi connectivity index (χ2v) is 6.16. The second-order valence-electron chi connectivity index (χ2n) is 3.11. The van der Waals surface area contributed by atoms with Crippen LogP contribution >= 0.6 is 0 Å². The molecule has 0 aromatic carbocycles. The lowest BCUT2D eigenvalue weighted by molar-refractivity contribution is 0.199. The third kappa shape index (κ3) is 2.53. The highest BCUT2D eigenvalue weighted by Gasteiger charge is 2.35. The van der Waals surface area contributed by atoms with Crippen molar-refractivity contribution in [3.05, 3.63) is 23.4 Å². The molecule has 13 heavy (non-hydrogen) atoms. The summed E-state index contributed by atoms with van der Waals surface area (Å²) in [6.07, 6.45) is 7.52. The van der Waals surface area contributed by atoms with Crippen LogP contribution in [0.5, 0.6) is 0 Å². The molecule has 0 fully saturated rings. The Labute approximate surface area is 81.5 Å². The van der Waals surface area contributed by atoms with Crippen molar-refractivity contribution in [3.63, 3.8) is 0 Å². The maximum absolute atomic E-state index is 5.75. The summed E-state index contributed by atoms with van der Waals surface area (Å²) in [6, 6.07) is 0. The smallest absolute Gasteiger partial charge is 0.368 e. The third-order valence-electron chi connectivity index (χ3n) is 2.14. The quantitative estimate of drug-likeness (QED) is 0.632. The lowest BCUT2D eigenvalue weighted by Gasteiger charge is -2.26. The van der Waals surface area contributed by atoms with Crippen molar-refractivity contribution < 1.29 is 8.85 Å². The van der Waals surface area contributed by atoms with Crippen LogP contribution in [0.4, 0.5) is 0 Å². The van der Waals surface area contributed by atoms with Crippen molar-refractivity contribution >= 4 is 8.56 Å². The fourth-order valence-electron chi connectivity index (χ4n) is 1.55. The van der Waals surface area contributed by atoms with Crippen LogP contribution in [-0.2, 0) is 8.85 Å². The Kier molecular flexibility index (Phi) is 3.90. The van der Waals surface area contributed by atoms with Gasteiger partial charge in [0.25, 0.3) is 0 Å². The normalized spacial score (nSPS) is 16.4. The molecule has 0 aromatic rings. The van der Waals surface area contributed by atoms with Gasteiger partial charge >= 0.3 is 8.56 Å². The zero-order valence-electron chi connectivity index (χ0n) is 8.67. The Morgan fingerprint density at radius 3 is 2.31 bits per heavy atom. The first-order chi connectivity index (χ1) is 6.23. The summed E-state index contributed by atoms with van der Waals surface area (Å²) in [5.41, 5.74) is 0. The Balaban J connectivity index is 2.70. The van der Waals surface area contributed by atoms with Gasteiger partial charge in [-0.25, -0.2) is 0 Å². The maximum Gasteiger partial charge on any atom is 0.368 e. The van der Waals surface area contributed by atoms with Gasteiger partial charge in [0.15, 0.2) is 0 Å². The summed E-state index contributed by atoms with van der Waals surface area (Å²) in [7, 11) is -2.04. The maximum atomic E-state index is 5.75. The van der Waals surface area contributed by atoms with Crippen LogP contribution in [0, 0.1) is 0 Å². The van der Waals surface area contributed by atoms with Gasteiger partial charge < -0.3 is 8.85 Å². The van der Waals surface area contributed by atoms with Gasteiger partial charge in [-0.2, -0.15) is 0 Å². The number of allylic oxidation sites excluding steroid dienone is 4. The predicted molar refractivity (Wildman–Crippen MR) is 56.7 cm³/mol. The fourth-order valence-corrected chi connectivity index (χ4v) is 3.98. The van der Waals surface area contributed by atoms with Crippen molar-refractivity contribution in [3.8, 4) is 0 Å². The van der Waals surface area contributed by atoms with Gasteiger partial charge in [-0.05, 0) is 32.0 Å². The van der Waals surface area contributed by atoms with E-state index >= 15 is 0 Å². The highest BCUT2D eigenvalue weighted by atomic mass is 28.4. The van der Waals surface area contributed by atoms with E-state index in [1.54, 1.807) is 0 Å². The lowest BCUT2D eigenvalue weighted by Crippen LogP contribution is -2.40. The first-order valence-electron chi connectivity index (χ1n) is 4.88. The van der Waals surface area contributed by atoms with Gasteiger partial charge in [0.05, 0.1) is 0 Å². The molecule has 0 spiro atoms. The van der Waals surface area contributed by atoms with E-state index in [2.05, 4.69) is 24.8 Å². The molecule has 0 radical (unpaired) electrons. The largest absolute Gasteiger partial charge is 0.391 e. The number of hydrogen-bond donors (Lipinski definition) is 0. The van der Waals surface area contributed by atoms with Gasteiger partial charge in [-0.3, -0.25) is 0 Å². The van der Waals surface area contributed by atoms with E-state index in [1.807, 2.05) is 13.8 Å². The highest BCUT2D eigenvalue weighted by Crippen LogP contribution is 2.23. The minimum Gasteiger partial charge on any atom is -0.391 e. The molecule has 0 saturated carbocycles. The minimum atomic E-state index is -2.04. The Morgan fingerprint density at radius 2 is 1.92 bits per heavy atom. The molecular weight excluding hydrogens is 180 g/mol. The summed E-state index contributed by atoms with van der Waals surface area (Å²) in [5.74, 6) is 0. The minimum absolute atomic E-state index is 0.730. The molecule has 0 bridgehead atoms. The van der Waals surface area contributed by atoms with E-state index in [9.17, 15) is 0 Å². The monoisotopic (exact) mass is 198 g/mol. The summed E-state index contributed by atoms with van der Waals surface area (Å²) in [6.45, 7) is 7.61. The number of hydrogen-bond acceptors (Lipinski definition) is 2. The molecule has 1 aliphatic carbocycles. The van der Waals surface area contributed by atoms with Crippen molar-refractivity contribution in [2.75, 3.05) is 13.2 Å². The second kappa shape index (κ2) is 4.74. The molecule has 1 aliphatic rings. The van der Waals surface area contributed by atoms with Gasteiger partial charge in [0, 0.05) is 13.2 Å². The topological polar surface area (TPSA) is 18.5 Å². The van der Waals surface area contributed by atoms with Crippen LogP contribution in [0.25, 0.3) is 0 Å². The molecule has 0 atom stereocenters. The molecule has 0 amide bonds. The zero-order valence-corrected chi connectivity index (χ0v) is 9.67. The van der Waals surface area contributed by atoms with E-state index in [0.29, 0.717) is 0 Å². The van der Waals surface area contributed by atoms with Crippen molar-refractivity contribution in [1.82, 2.24) is 0 Å². The summed E-state index contributed by atoms with van der Waals surface area (Å²) in [5, 5.41) is 1.27. The fraction of sp³-hybridized carbons (Fsp3) is 0.600. The van der Waals surface area contributed by atoms with Crippen LogP contribution in [-0.4, -0.2) is 21.8 Å². The summed E-state index contributed by atoms with van der Waals surface area (Å²) in [4.78, 5) is 0. The molecule has 0 unspecified atom stereocenters. The van der Waals surface area contributed by atoms with Crippen LogP contribution in [0.2, 0.25) is 6.55 Å². The summed E-state index contributed by atoms with van der Waals surface area (Å²) >= 11 is 0. The molecule has 0 heterocycles. The highest BCUT2D eigenvalue weighted by molar-refractivity contribution is 6.74. The Hall–Kier alpha value is -0.383. The van der Waals surface area contributed by atoms with Crippen molar-refractivity contribution in [2.45, 2.75) is 26.8 Å². The average Bonchev–Trinajstić information content (AvgIpc) is 2.57. The van der Waals surface area contributed by atoms with Crippen LogP contribution in [0.1, 0.15) is 20.3 Å². The molecule has 3 heteroatoms.